The molecular formula is C13H22N2O3. The molecule has 2 rings (SSSR count). The van der Waals surface area contributed by atoms with Gasteiger partial charge in [0, 0.05) is 32.0 Å². The van der Waals surface area contributed by atoms with Crippen LogP contribution in [0.25, 0.3) is 0 Å². The van der Waals surface area contributed by atoms with Crippen LogP contribution in [0.2, 0.25) is 0 Å². The fourth-order valence-electron chi connectivity index (χ4n) is 2.56. The molecule has 1 N–H and O–H groups in total. The summed E-state index contributed by atoms with van der Waals surface area (Å²) in [6.07, 6.45) is 2.03. The SMILES string of the molecule is CCC1(C)NC(=O)CCN(CC2CCOC2)C1=O. The molecule has 2 unspecified atom stereocenters. The lowest BCUT2D eigenvalue weighted by Gasteiger charge is -2.32. The van der Waals surface area contributed by atoms with Gasteiger partial charge in [0.15, 0.2) is 0 Å². The maximum absolute atomic E-state index is 12.5. The smallest absolute Gasteiger partial charge is 0.248 e. The summed E-state index contributed by atoms with van der Waals surface area (Å²) >= 11 is 0. The Morgan fingerprint density at radius 3 is 2.89 bits per heavy atom. The Morgan fingerprint density at radius 1 is 1.50 bits per heavy atom. The van der Waals surface area contributed by atoms with Gasteiger partial charge in [-0.15, -0.1) is 0 Å². The zero-order valence-corrected chi connectivity index (χ0v) is 11.2. The van der Waals surface area contributed by atoms with Crippen molar-refractivity contribution in [2.75, 3.05) is 26.3 Å². The Morgan fingerprint density at radius 2 is 2.28 bits per heavy atom. The van der Waals surface area contributed by atoms with Crippen LogP contribution in [0.1, 0.15) is 33.1 Å². The molecule has 2 amide bonds. The summed E-state index contributed by atoms with van der Waals surface area (Å²) in [5.74, 6) is 0.434. The van der Waals surface area contributed by atoms with E-state index in [0.29, 0.717) is 31.8 Å². The lowest BCUT2D eigenvalue weighted by molar-refractivity contribution is -0.138. The minimum atomic E-state index is -0.743. The molecule has 0 aromatic carbocycles. The van der Waals surface area contributed by atoms with Gasteiger partial charge in [0.1, 0.15) is 5.54 Å². The van der Waals surface area contributed by atoms with Crippen molar-refractivity contribution >= 4 is 11.8 Å². The fourth-order valence-corrected chi connectivity index (χ4v) is 2.56. The summed E-state index contributed by atoms with van der Waals surface area (Å²) in [7, 11) is 0. The van der Waals surface area contributed by atoms with Crippen LogP contribution >= 0.6 is 0 Å². The number of nitrogens with one attached hydrogen (secondary N) is 1. The van der Waals surface area contributed by atoms with Crippen LogP contribution in [0.15, 0.2) is 0 Å². The summed E-state index contributed by atoms with van der Waals surface area (Å²) in [6.45, 7) is 6.50. The van der Waals surface area contributed by atoms with Crippen molar-refractivity contribution in [1.82, 2.24) is 10.2 Å². The topological polar surface area (TPSA) is 58.6 Å². The van der Waals surface area contributed by atoms with Crippen molar-refractivity contribution in [3.63, 3.8) is 0 Å². The van der Waals surface area contributed by atoms with E-state index in [9.17, 15) is 9.59 Å². The van der Waals surface area contributed by atoms with Gasteiger partial charge >= 0.3 is 0 Å². The number of amides is 2. The molecule has 0 saturated carbocycles. The molecule has 0 aromatic rings. The third-order valence-electron chi connectivity index (χ3n) is 3.99. The largest absolute Gasteiger partial charge is 0.381 e. The highest BCUT2D eigenvalue weighted by molar-refractivity contribution is 5.93. The molecule has 2 aliphatic heterocycles. The highest BCUT2D eigenvalue weighted by Crippen LogP contribution is 2.21. The number of hydrogen-bond donors (Lipinski definition) is 1. The second kappa shape index (κ2) is 5.26. The van der Waals surface area contributed by atoms with Crippen LogP contribution in [0.5, 0.6) is 0 Å². The van der Waals surface area contributed by atoms with E-state index in [0.717, 1.165) is 19.6 Å². The summed E-state index contributed by atoms with van der Waals surface area (Å²) < 4.78 is 5.34. The minimum absolute atomic E-state index is 0.0297. The van der Waals surface area contributed by atoms with Gasteiger partial charge in [-0.25, -0.2) is 0 Å². The highest BCUT2D eigenvalue weighted by Gasteiger charge is 2.39. The van der Waals surface area contributed by atoms with E-state index < -0.39 is 5.54 Å². The quantitative estimate of drug-likeness (QED) is 0.799. The minimum Gasteiger partial charge on any atom is -0.381 e. The number of nitrogens with zero attached hydrogens (tertiary/aromatic N) is 1. The molecule has 2 aliphatic rings. The van der Waals surface area contributed by atoms with E-state index in [1.54, 1.807) is 0 Å². The van der Waals surface area contributed by atoms with Crippen molar-refractivity contribution in [1.29, 1.82) is 0 Å². The molecule has 2 heterocycles. The first-order chi connectivity index (χ1) is 8.55. The van der Waals surface area contributed by atoms with Crippen molar-refractivity contribution in [3.05, 3.63) is 0 Å². The number of carbonyl (C=O) groups is 2. The van der Waals surface area contributed by atoms with Gasteiger partial charge in [0.05, 0.1) is 6.61 Å². The van der Waals surface area contributed by atoms with Gasteiger partial charge < -0.3 is 15.0 Å². The molecule has 2 fully saturated rings. The van der Waals surface area contributed by atoms with Crippen LogP contribution < -0.4 is 5.32 Å². The molecule has 2 saturated heterocycles. The van der Waals surface area contributed by atoms with Gasteiger partial charge in [-0.05, 0) is 19.8 Å². The third-order valence-corrected chi connectivity index (χ3v) is 3.99. The van der Waals surface area contributed by atoms with Crippen molar-refractivity contribution < 1.29 is 14.3 Å². The van der Waals surface area contributed by atoms with Crippen LogP contribution in [0, 0.1) is 5.92 Å². The van der Waals surface area contributed by atoms with Crippen LogP contribution in [0.4, 0.5) is 0 Å². The van der Waals surface area contributed by atoms with Crippen LogP contribution in [-0.2, 0) is 14.3 Å². The number of carbonyl (C=O) groups excluding carboxylic acids is 2. The lowest BCUT2D eigenvalue weighted by atomic mass is 9.96. The van der Waals surface area contributed by atoms with E-state index in [1.807, 2.05) is 18.7 Å². The van der Waals surface area contributed by atoms with E-state index in [-0.39, 0.29) is 11.8 Å². The standard InChI is InChI=1S/C13H22N2O3/c1-3-13(2)12(17)15(6-4-11(16)14-13)8-10-5-7-18-9-10/h10H,3-9H2,1-2H3,(H,14,16). The predicted molar refractivity (Wildman–Crippen MR) is 67.0 cm³/mol. The first kappa shape index (κ1) is 13.3. The monoisotopic (exact) mass is 254 g/mol. The molecule has 0 bridgehead atoms. The Balaban J connectivity index is 2.08. The normalized spacial score (nSPS) is 33.4. The third kappa shape index (κ3) is 2.66. The molecular weight excluding hydrogens is 232 g/mol. The van der Waals surface area contributed by atoms with E-state index in [2.05, 4.69) is 5.32 Å². The Hall–Kier alpha value is -1.10. The van der Waals surface area contributed by atoms with Gasteiger partial charge in [0.25, 0.3) is 0 Å². The van der Waals surface area contributed by atoms with Gasteiger partial charge in [-0.2, -0.15) is 0 Å². The Bertz CT molecular complexity index is 339. The maximum atomic E-state index is 12.5. The molecule has 2 atom stereocenters. The van der Waals surface area contributed by atoms with Gasteiger partial charge in [-0.3, -0.25) is 9.59 Å². The zero-order valence-electron chi connectivity index (χ0n) is 11.2. The molecule has 0 radical (unpaired) electrons. The van der Waals surface area contributed by atoms with E-state index >= 15 is 0 Å². The second-order valence-electron chi connectivity index (χ2n) is 5.46. The second-order valence-corrected chi connectivity index (χ2v) is 5.46. The highest BCUT2D eigenvalue weighted by atomic mass is 16.5. The summed E-state index contributed by atoms with van der Waals surface area (Å²) in [5.41, 5.74) is -0.743. The fraction of sp³-hybridized carbons (Fsp3) is 0.846. The predicted octanol–water partition coefficient (Wildman–Crippen LogP) is 0.540. The van der Waals surface area contributed by atoms with Crippen LogP contribution in [-0.4, -0.2) is 48.6 Å². The zero-order chi connectivity index (χ0) is 13.2. The summed E-state index contributed by atoms with van der Waals surface area (Å²) in [5, 5.41) is 2.85. The van der Waals surface area contributed by atoms with E-state index in [1.165, 1.54) is 0 Å². The van der Waals surface area contributed by atoms with Crippen molar-refractivity contribution in [2.45, 2.75) is 38.6 Å². The van der Waals surface area contributed by atoms with Crippen molar-refractivity contribution in [2.24, 2.45) is 5.92 Å². The van der Waals surface area contributed by atoms with Gasteiger partial charge in [-0.1, -0.05) is 6.92 Å². The number of hydrogen-bond acceptors (Lipinski definition) is 3. The summed E-state index contributed by atoms with van der Waals surface area (Å²) in [4.78, 5) is 26.0. The number of rotatable bonds is 3. The van der Waals surface area contributed by atoms with E-state index in [4.69, 9.17) is 4.74 Å². The molecule has 0 spiro atoms. The van der Waals surface area contributed by atoms with Crippen LogP contribution in [0.3, 0.4) is 0 Å². The van der Waals surface area contributed by atoms with Gasteiger partial charge in [0.2, 0.25) is 11.8 Å². The summed E-state index contributed by atoms with van der Waals surface area (Å²) in [6, 6.07) is 0. The lowest BCUT2D eigenvalue weighted by Crippen LogP contribution is -2.55. The number of ether oxygens (including phenoxy) is 1. The maximum Gasteiger partial charge on any atom is 0.248 e. The molecule has 5 nitrogen and oxygen atoms in total. The average molecular weight is 254 g/mol. The molecule has 18 heavy (non-hydrogen) atoms. The molecule has 5 heteroatoms. The Labute approximate surface area is 108 Å². The molecule has 102 valence electrons. The Kier molecular flexibility index (Phi) is 3.90. The first-order valence-corrected chi connectivity index (χ1v) is 6.73. The molecule has 0 aliphatic carbocycles. The average Bonchev–Trinajstić information content (AvgIpc) is 2.82. The molecule has 0 aromatic heterocycles. The van der Waals surface area contributed by atoms with Crippen molar-refractivity contribution in [3.8, 4) is 0 Å². The first-order valence-electron chi connectivity index (χ1n) is 6.73.